The molecular weight excluding hydrogens is 368 g/mol. The molecule has 27 heavy (non-hydrogen) atoms. The predicted octanol–water partition coefficient (Wildman–Crippen LogP) is 2.90. The Labute approximate surface area is 153 Å². The van der Waals surface area contributed by atoms with Crippen LogP contribution in [0.2, 0.25) is 0 Å². The fourth-order valence-electron chi connectivity index (χ4n) is 3.31. The Bertz CT molecular complexity index is 728. The van der Waals surface area contributed by atoms with Crippen LogP contribution in [0.1, 0.15) is 41.6 Å². The molecule has 0 aliphatic heterocycles. The first-order valence-electron chi connectivity index (χ1n) is 8.76. The Hall–Kier alpha value is -2.16. The van der Waals surface area contributed by atoms with Crippen molar-refractivity contribution in [2.24, 2.45) is 5.92 Å². The van der Waals surface area contributed by atoms with Crippen molar-refractivity contribution in [3.63, 3.8) is 0 Å². The van der Waals surface area contributed by atoms with Crippen LogP contribution in [0.5, 0.6) is 0 Å². The number of aliphatic carboxylic acids is 1. The monoisotopic (exact) mass is 388 g/mol. The summed E-state index contributed by atoms with van der Waals surface area (Å²) in [6, 6.07) is 1.49. The van der Waals surface area contributed by atoms with Crippen LogP contribution in [-0.2, 0) is 11.0 Å². The van der Waals surface area contributed by atoms with Crippen LogP contribution in [-0.4, -0.2) is 47.1 Å². The molecule has 2 aliphatic carbocycles. The maximum absolute atomic E-state index is 13.4. The first kappa shape index (κ1) is 19.6. The van der Waals surface area contributed by atoms with Crippen LogP contribution in [0.4, 0.5) is 17.6 Å². The second kappa shape index (κ2) is 7.46. The second-order valence-corrected chi connectivity index (χ2v) is 7.29. The molecule has 0 atom stereocenters. The minimum Gasteiger partial charge on any atom is -0.480 e. The number of nitrogens with one attached hydrogen (secondary N) is 1. The quantitative estimate of drug-likeness (QED) is 0.705. The normalized spacial score (nSPS) is 22.4. The van der Waals surface area contributed by atoms with Gasteiger partial charge in [0.2, 0.25) is 0 Å². The van der Waals surface area contributed by atoms with E-state index in [1.54, 1.807) is 0 Å². The van der Waals surface area contributed by atoms with Crippen LogP contribution in [0, 0.1) is 11.7 Å². The summed E-state index contributed by atoms with van der Waals surface area (Å²) in [6.45, 7) is 0.636. The van der Waals surface area contributed by atoms with Crippen molar-refractivity contribution in [2.45, 2.75) is 43.9 Å². The second-order valence-electron chi connectivity index (χ2n) is 7.29. The molecule has 9 heteroatoms. The number of carbonyl (C=O) groups excluding carboxylic acids is 1. The molecule has 2 N–H and O–H groups in total. The Morgan fingerprint density at radius 3 is 2.41 bits per heavy atom. The maximum Gasteiger partial charge on any atom is 0.416 e. The molecular formula is C18H20F4N2O3. The minimum absolute atomic E-state index is 0.0187. The van der Waals surface area contributed by atoms with Crippen molar-refractivity contribution in [2.75, 3.05) is 13.1 Å². The van der Waals surface area contributed by atoms with Crippen molar-refractivity contribution in [3.05, 3.63) is 35.1 Å². The zero-order chi connectivity index (χ0) is 19.8. The van der Waals surface area contributed by atoms with Crippen molar-refractivity contribution in [3.8, 4) is 0 Å². The summed E-state index contributed by atoms with van der Waals surface area (Å²) in [4.78, 5) is 25.1. The van der Waals surface area contributed by atoms with Crippen LogP contribution in [0.25, 0.3) is 0 Å². The number of hydrogen-bond acceptors (Lipinski definition) is 3. The molecule has 0 bridgehead atoms. The van der Waals surface area contributed by atoms with Gasteiger partial charge in [0.15, 0.2) is 0 Å². The Morgan fingerprint density at radius 2 is 1.85 bits per heavy atom. The Morgan fingerprint density at radius 1 is 1.19 bits per heavy atom. The molecule has 1 aromatic rings. The van der Waals surface area contributed by atoms with Gasteiger partial charge in [-0.25, -0.2) is 4.39 Å². The SMILES string of the molecule is O=C(O)CN(CC1CC1)C1CC(NC(=O)c2cc(F)cc(C(F)(F)F)c2)C1. The van der Waals surface area contributed by atoms with Gasteiger partial charge in [-0.05, 0) is 49.8 Å². The molecule has 0 unspecified atom stereocenters. The minimum atomic E-state index is -4.74. The lowest BCUT2D eigenvalue weighted by Crippen LogP contribution is -2.55. The van der Waals surface area contributed by atoms with Crippen molar-refractivity contribution < 1.29 is 32.3 Å². The van der Waals surface area contributed by atoms with Crippen LogP contribution < -0.4 is 5.32 Å². The van der Waals surface area contributed by atoms with E-state index in [2.05, 4.69) is 5.32 Å². The fraction of sp³-hybridized carbons (Fsp3) is 0.556. The summed E-state index contributed by atoms with van der Waals surface area (Å²) >= 11 is 0. The van der Waals surface area contributed by atoms with Gasteiger partial charge in [-0.3, -0.25) is 14.5 Å². The lowest BCUT2D eigenvalue weighted by Gasteiger charge is -2.42. The van der Waals surface area contributed by atoms with E-state index in [9.17, 15) is 27.2 Å². The number of nitrogens with zero attached hydrogens (tertiary/aromatic N) is 1. The van der Waals surface area contributed by atoms with Gasteiger partial charge in [0, 0.05) is 24.2 Å². The number of alkyl halides is 3. The van der Waals surface area contributed by atoms with E-state index in [0.717, 1.165) is 18.9 Å². The average molecular weight is 388 g/mol. The molecule has 0 aromatic heterocycles. The van der Waals surface area contributed by atoms with Gasteiger partial charge in [-0.2, -0.15) is 13.2 Å². The lowest BCUT2D eigenvalue weighted by molar-refractivity contribution is -0.140. The Balaban J connectivity index is 1.57. The molecule has 2 fully saturated rings. The number of carbonyl (C=O) groups is 2. The van der Waals surface area contributed by atoms with Gasteiger partial charge < -0.3 is 10.4 Å². The number of benzene rings is 1. The number of carboxylic acid groups (broad SMARTS) is 1. The van der Waals surface area contributed by atoms with Crippen LogP contribution in [0.15, 0.2) is 18.2 Å². The molecule has 1 aromatic carbocycles. The molecule has 3 rings (SSSR count). The first-order chi connectivity index (χ1) is 12.6. The van der Waals surface area contributed by atoms with Gasteiger partial charge in [0.25, 0.3) is 5.91 Å². The van der Waals surface area contributed by atoms with E-state index in [4.69, 9.17) is 5.11 Å². The molecule has 0 saturated heterocycles. The zero-order valence-electron chi connectivity index (χ0n) is 14.4. The third-order valence-corrected chi connectivity index (χ3v) is 4.98. The summed E-state index contributed by atoms with van der Waals surface area (Å²) in [6.07, 6.45) is -1.52. The summed E-state index contributed by atoms with van der Waals surface area (Å²) in [5.74, 6) is -2.29. The summed E-state index contributed by atoms with van der Waals surface area (Å²) < 4.78 is 51.7. The molecule has 1 amide bonds. The topological polar surface area (TPSA) is 69.6 Å². The van der Waals surface area contributed by atoms with E-state index in [1.807, 2.05) is 4.90 Å². The number of carboxylic acids is 1. The molecule has 0 radical (unpaired) electrons. The van der Waals surface area contributed by atoms with E-state index in [0.29, 0.717) is 37.4 Å². The maximum atomic E-state index is 13.4. The molecule has 5 nitrogen and oxygen atoms in total. The highest BCUT2D eigenvalue weighted by Gasteiger charge is 2.38. The zero-order valence-corrected chi connectivity index (χ0v) is 14.4. The van der Waals surface area contributed by atoms with E-state index < -0.39 is 29.4 Å². The highest BCUT2D eigenvalue weighted by molar-refractivity contribution is 5.94. The van der Waals surface area contributed by atoms with Crippen LogP contribution in [0.3, 0.4) is 0 Å². The number of amides is 1. The Kier molecular flexibility index (Phi) is 5.41. The average Bonchev–Trinajstić information content (AvgIpc) is 3.31. The standard InChI is InChI=1S/C18H20F4N2O3/c19-13-4-11(3-12(5-13)18(20,21)22)17(27)23-14-6-15(7-14)24(9-16(25)26)8-10-1-2-10/h3-5,10,14-15H,1-2,6-9H2,(H,23,27)(H,25,26). The predicted molar refractivity (Wildman–Crippen MR) is 87.6 cm³/mol. The molecule has 2 aliphatic rings. The number of hydrogen-bond donors (Lipinski definition) is 2. The highest BCUT2D eigenvalue weighted by atomic mass is 19.4. The van der Waals surface area contributed by atoms with Gasteiger partial charge in [-0.15, -0.1) is 0 Å². The van der Waals surface area contributed by atoms with Gasteiger partial charge in [0.1, 0.15) is 5.82 Å². The number of rotatable bonds is 7. The molecule has 2 saturated carbocycles. The summed E-state index contributed by atoms with van der Waals surface area (Å²) in [5.41, 5.74) is -1.60. The smallest absolute Gasteiger partial charge is 0.416 e. The third kappa shape index (κ3) is 5.18. The third-order valence-electron chi connectivity index (χ3n) is 4.98. The van der Waals surface area contributed by atoms with Gasteiger partial charge in [-0.1, -0.05) is 0 Å². The summed E-state index contributed by atoms with van der Waals surface area (Å²) in [5, 5.41) is 11.6. The molecule has 0 heterocycles. The molecule has 148 valence electrons. The van der Waals surface area contributed by atoms with E-state index in [-0.39, 0.29) is 24.2 Å². The van der Waals surface area contributed by atoms with Crippen molar-refractivity contribution in [1.82, 2.24) is 10.2 Å². The summed E-state index contributed by atoms with van der Waals surface area (Å²) in [7, 11) is 0. The van der Waals surface area contributed by atoms with Gasteiger partial charge >= 0.3 is 12.1 Å². The van der Waals surface area contributed by atoms with E-state index in [1.165, 1.54) is 0 Å². The fourth-order valence-corrected chi connectivity index (χ4v) is 3.31. The first-order valence-corrected chi connectivity index (χ1v) is 8.76. The lowest BCUT2D eigenvalue weighted by atomic mass is 9.85. The highest BCUT2D eigenvalue weighted by Crippen LogP contribution is 2.34. The van der Waals surface area contributed by atoms with Crippen molar-refractivity contribution in [1.29, 1.82) is 0 Å². The van der Waals surface area contributed by atoms with Gasteiger partial charge in [0.05, 0.1) is 12.1 Å². The van der Waals surface area contributed by atoms with E-state index >= 15 is 0 Å². The van der Waals surface area contributed by atoms with Crippen molar-refractivity contribution >= 4 is 11.9 Å². The van der Waals surface area contributed by atoms with Crippen LogP contribution >= 0.6 is 0 Å². The largest absolute Gasteiger partial charge is 0.480 e. The number of halogens is 4. The molecule has 0 spiro atoms.